The summed E-state index contributed by atoms with van der Waals surface area (Å²) in [5, 5.41) is 5.53. The van der Waals surface area contributed by atoms with E-state index in [1.807, 2.05) is 0 Å². The molecule has 210 valence electrons. The highest BCUT2D eigenvalue weighted by atomic mass is 16.6. The number of primary amides is 1. The average Bonchev–Trinajstić information content (AvgIpc) is 2.80. The molecule has 4 N–H and O–H groups in total. The summed E-state index contributed by atoms with van der Waals surface area (Å²) in [7, 11) is 0. The first-order chi connectivity index (χ1) is 17.6. The lowest BCUT2D eigenvalue weighted by atomic mass is 9.92. The van der Waals surface area contributed by atoms with E-state index in [2.05, 4.69) is 23.5 Å². The molecule has 0 saturated carbocycles. The second kappa shape index (κ2) is 14.4. The fraction of sp³-hybridized carbons (Fsp3) is 0.586. The molecule has 0 aromatic heterocycles. The van der Waals surface area contributed by atoms with E-state index in [0.29, 0.717) is 17.7 Å². The number of hydrogen-bond donors (Lipinski definition) is 3. The summed E-state index contributed by atoms with van der Waals surface area (Å²) in [6.45, 7) is 13.0. The molecule has 0 aliphatic carbocycles. The van der Waals surface area contributed by atoms with Gasteiger partial charge in [-0.25, -0.2) is 4.79 Å². The van der Waals surface area contributed by atoms with Crippen LogP contribution in [0, 0.1) is 12.3 Å². The summed E-state index contributed by atoms with van der Waals surface area (Å²) >= 11 is 0. The number of carbonyl (C=O) groups is 4. The molecule has 0 bridgehead atoms. The molecule has 0 heterocycles. The second-order valence-electron chi connectivity index (χ2n) is 11.2. The van der Waals surface area contributed by atoms with Crippen LogP contribution < -0.4 is 16.4 Å². The maximum atomic E-state index is 14.2. The second-order valence-corrected chi connectivity index (χ2v) is 11.2. The molecule has 1 rings (SSSR count). The third kappa shape index (κ3) is 10.4. The van der Waals surface area contributed by atoms with Crippen LogP contribution in [-0.4, -0.2) is 52.4 Å². The van der Waals surface area contributed by atoms with Gasteiger partial charge in [-0.15, -0.1) is 6.42 Å². The van der Waals surface area contributed by atoms with Gasteiger partial charge in [0, 0.05) is 24.1 Å². The number of nitrogens with two attached hydrogens (primary N) is 1. The number of rotatable bonds is 12. The van der Waals surface area contributed by atoms with E-state index in [1.165, 1.54) is 4.90 Å². The molecule has 2 unspecified atom stereocenters. The van der Waals surface area contributed by atoms with Gasteiger partial charge in [0.2, 0.25) is 17.7 Å². The molecule has 4 amide bonds. The highest BCUT2D eigenvalue weighted by Gasteiger charge is 2.42. The lowest BCUT2D eigenvalue weighted by molar-refractivity contribution is -0.148. The van der Waals surface area contributed by atoms with Crippen molar-refractivity contribution in [2.75, 3.05) is 6.54 Å². The van der Waals surface area contributed by atoms with E-state index in [-0.39, 0.29) is 12.8 Å². The van der Waals surface area contributed by atoms with Crippen LogP contribution in [0.4, 0.5) is 4.79 Å². The Balaban J connectivity index is 3.60. The number of ether oxygens (including phenoxy) is 1. The van der Waals surface area contributed by atoms with Gasteiger partial charge in [0.05, 0.1) is 0 Å². The van der Waals surface area contributed by atoms with Gasteiger partial charge in [-0.1, -0.05) is 43.9 Å². The van der Waals surface area contributed by atoms with Crippen molar-refractivity contribution < 1.29 is 23.9 Å². The summed E-state index contributed by atoms with van der Waals surface area (Å²) in [6, 6.07) is 4.68. The van der Waals surface area contributed by atoms with Gasteiger partial charge in [0.1, 0.15) is 17.7 Å². The molecule has 0 spiro atoms. The minimum absolute atomic E-state index is 0.0678. The molecule has 1 aromatic rings. The topological polar surface area (TPSA) is 131 Å². The average molecular weight is 529 g/mol. The zero-order valence-electron chi connectivity index (χ0n) is 23.8. The Morgan fingerprint density at radius 3 is 2.24 bits per heavy atom. The van der Waals surface area contributed by atoms with Crippen LogP contribution in [0.25, 0.3) is 0 Å². The monoisotopic (exact) mass is 528 g/mol. The zero-order chi connectivity index (χ0) is 29.1. The number of nitrogens with one attached hydrogen (secondary N) is 2. The van der Waals surface area contributed by atoms with Gasteiger partial charge < -0.3 is 26.0 Å². The summed E-state index contributed by atoms with van der Waals surface area (Å²) in [5.41, 5.74) is 4.62. The van der Waals surface area contributed by atoms with Crippen LogP contribution in [-0.2, 0) is 19.1 Å². The van der Waals surface area contributed by atoms with E-state index in [9.17, 15) is 19.2 Å². The molecule has 1 aromatic carbocycles. The molecule has 38 heavy (non-hydrogen) atoms. The number of nitrogens with zero attached hydrogens (tertiary/aromatic N) is 1. The quantitative estimate of drug-likeness (QED) is 0.281. The Labute approximate surface area is 227 Å². The summed E-state index contributed by atoms with van der Waals surface area (Å²) in [5.74, 6) is 1.03. The molecule has 0 radical (unpaired) electrons. The first kappa shape index (κ1) is 32.5. The number of carbonyl (C=O) groups excluding carboxylic acids is 4. The van der Waals surface area contributed by atoms with Crippen LogP contribution in [0.2, 0.25) is 0 Å². The van der Waals surface area contributed by atoms with Gasteiger partial charge in [0.25, 0.3) is 0 Å². The Morgan fingerprint density at radius 2 is 1.71 bits per heavy atom. The maximum Gasteiger partial charge on any atom is 0.408 e. The molecule has 9 heteroatoms. The van der Waals surface area contributed by atoms with Crippen LogP contribution in [0.1, 0.15) is 97.7 Å². The number of hydrogen-bond acceptors (Lipinski definition) is 5. The third-order valence-electron chi connectivity index (χ3n) is 5.63. The number of alkyl carbamates (subject to hydrolysis) is 1. The predicted molar refractivity (Wildman–Crippen MR) is 148 cm³/mol. The Morgan fingerprint density at radius 1 is 1.08 bits per heavy atom. The van der Waals surface area contributed by atoms with Crippen LogP contribution in [0.5, 0.6) is 0 Å². The largest absolute Gasteiger partial charge is 0.444 e. The normalized spacial score (nSPS) is 13.0. The fourth-order valence-electron chi connectivity index (χ4n) is 3.95. The SMILES string of the molecule is C#Cc1ccccc1C(C(=O)NCCCCC)N(C(=O)C(CCC(N)=O)NC(=O)OC(C)(C)C)C(C)(C)C. The smallest absolute Gasteiger partial charge is 0.408 e. The standard InChI is InChI=1S/C29H44N4O5/c1-9-11-14-19-31-25(35)24(21-16-13-12-15-20(21)10-2)33(28(3,4)5)26(36)22(17-18-23(30)34)32-27(37)38-29(6,7)8/h2,12-13,15-16,22,24H,9,11,14,17-19H2,1,3-8H3,(H2,30,34)(H,31,35)(H,32,37). The summed E-state index contributed by atoms with van der Waals surface area (Å²) < 4.78 is 5.35. The van der Waals surface area contributed by atoms with Crippen molar-refractivity contribution >= 4 is 23.8 Å². The summed E-state index contributed by atoms with van der Waals surface area (Å²) in [6.07, 6.45) is 7.45. The maximum absolute atomic E-state index is 14.2. The van der Waals surface area contributed by atoms with E-state index in [1.54, 1.807) is 65.8 Å². The summed E-state index contributed by atoms with van der Waals surface area (Å²) in [4.78, 5) is 53.5. The van der Waals surface area contributed by atoms with Crippen molar-refractivity contribution in [3.05, 3.63) is 35.4 Å². The van der Waals surface area contributed by atoms with Gasteiger partial charge in [-0.05, 0) is 66.0 Å². The van der Waals surface area contributed by atoms with Crippen LogP contribution in [0.3, 0.4) is 0 Å². The molecule has 0 aliphatic rings. The lowest BCUT2D eigenvalue weighted by Gasteiger charge is -2.43. The van der Waals surface area contributed by atoms with Crippen LogP contribution >= 0.6 is 0 Å². The molecular formula is C29H44N4O5. The van der Waals surface area contributed by atoms with Crippen molar-refractivity contribution in [1.29, 1.82) is 0 Å². The Hall–Kier alpha value is -3.54. The van der Waals surface area contributed by atoms with E-state index < -0.39 is 47.0 Å². The molecular weight excluding hydrogens is 484 g/mol. The molecule has 0 fully saturated rings. The molecule has 0 aliphatic heterocycles. The Kier molecular flexibility index (Phi) is 12.3. The van der Waals surface area contributed by atoms with Gasteiger partial charge in [-0.3, -0.25) is 14.4 Å². The molecule has 2 atom stereocenters. The van der Waals surface area contributed by atoms with Crippen molar-refractivity contribution in [3.8, 4) is 12.3 Å². The van der Waals surface area contributed by atoms with E-state index in [4.69, 9.17) is 16.9 Å². The lowest BCUT2D eigenvalue weighted by Crippen LogP contribution is -2.58. The van der Waals surface area contributed by atoms with Crippen molar-refractivity contribution in [2.24, 2.45) is 5.73 Å². The first-order valence-electron chi connectivity index (χ1n) is 13.1. The highest BCUT2D eigenvalue weighted by Crippen LogP contribution is 2.32. The zero-order valence-corrected chi connectivity index (χ0v) is 23.8. The minimum atomic E-state index is -1.18. The first-order valence-corrected chi connectivity index (χ1v) is 13.1. The van der Waals surface area contributed by atoms with Crippen molar-refractivity contribution in [3.63, 3.8) is 0 Å². The number of terminal acetylenes is 1. The number of benzene rings is 1. The van der Waals surface area contributed by atoms with Gasteiger partial charge in [0.15, 0.2) is 0 Å². The number of amides is 4. The molecule has 9 nitrogen and oxygen atoms in total. The van der Waals surface area contributed by atoms with E-state index in [0.717, 1.165) is 19.3 Å². The number of unbranched alkanes of at least 4 members (excludes halogenated alkanes) is 2. The highest BCUT2D eigenvalue weighted by molar-refractivity contribution is 5.93. The van der Waals surface area contributed by atoms with Gasteiger partial charge in [-0.2, -0.15) is 0 Å². The third-order valence-corrected chi connectivity index (χ3v) is 5.63. The van der Waals surface area contributed by atoms with Crippen molar-refractivity contribution in [2.45, 2.75) is 104 Å². The fourth-order valence-corrected chi connectivity index (χ4v) is 3.95. The predicted octanol–water partition coefficient (Wildman–Crippen LogP) is 3.80. The van der Waals surface area contributed by atoms with Crippen molar-refractivity contribution in [1.82, 2.24) is 15.5 Å². The Bertz CT molecular complexity index is 1020. The van der Waals surface area contributed by atoms with Gasteiger partial charge >= 0.3 is 6.09 Å². The molecule has 0 saturated heterocycles. The minimum Gasteiger partial charge on any atom is -0.444 e. The van der Waals surface area contributed by atoms with E-state index >= 15 is 0 Å². The van der Waals surface area contributed by atoms with Crippen LogP contribution in [0.15, 0.2) is 24.3 Å².